The molecule has 1 saturated heterocycles. The molecule has 0 aromatic heterocycles. The van der Waals surface area contributed by atoms with Crippen molar-refractivity contribution >= 4 is 10.8 Å². The molecule has 88 valence electrons. The molecule has 2 rings (SSSR count). The maximum Gasteiger partial charge on any atom is 0.0691 e. The molecule has 0 bridgehead atoms. The van der Waals surface area contributed by atoms with Gasteiger partial charge in [0, 0.05) is 28.7 Å². The highest BCUT2D eigenvalue weighted by Crippen LogP contribution is 2.23. The van der Waals surface area contributed by atoms with Crippen LogP contribution in [0.3, 0.4) is 0 Å². The third-order valence-corrected chi connectivity index (χ3v) is 5.43. The van der Waals surface area contributed by atoms with Crippen molar-refractivity contribution in [1.82, 2.24) is 0 Å². The first-order chi connectivity index (χ1) is 7.27. The first kappa shape index (κ1) is 11.6. The van der Waals surface area contributed by atoms with E-state index in [1.807, 2.05) is 0 Å². The van der Waals surface area contributed by atoms with E-state index < -0.39 is 10.8 Å². The average molecular weight is 231 g/mol. The summed E-state index contributed by atoms with van der Waals surface area (Å²) in [5.74, 6) is 0.707. The molecule has 4 unspecified atom stereocenters. The van der Waals surface area contributed by atoms with Crippen molar-refractivity contribution < 1.29 is 8.95 Å². The summed E-state index contributed by atoms with van der Waals surface area (Å²) in [6.45, 7) is 0.846. The van der Waals surface area contributed by atoms with E-state index in [0.717, 1.165) is 32.3 Å². The first-order valence-corrected chi connectivity index (χ1v) is 7.40. The Kier molecular flexibility index (Phi) is 4.17. The van der Waals surface area contributed by atoms with E-state index in [9.17, 15) is 4.21 Å². The summed E-state index contributed by atoms with van der Waals surface area (Å²) in [6.07, 6.45) is 6.92. The molecule has 15 heavy (non-hydrogen) atoms. The molecule has 3 nitrogen and oxygen atoms in total. The zero-order valence-corrected chi connectivity index (χ0v) is 10.0. The third kappa shape index (κ3) is 3.02. The van der Waals surface area contributed by atoms with E-state index in [4.69, 9.17) is 10.5 Å². The summed E-state index contributed by atoms with van der Waals surface area (Å²) in [4.78, 5) is 0. The molecule has 2 fully saturated rings. The van der Waals surface area contributed by atoms with Crippen LogP contribution in [0, 0.1) is 0 Å². The van der Waals surface area contributed by atoms with E-state index in [1.54, 1.807) is 0 Å². The largest absolute Gasteiger partial charge is 0.377 e. The van der Waals surface area contributed by atoms with Crippen LogP contribution in [0.15, 0.2) is 0 Å². The summed E-state index contributed by atoms with van der Waals surface area (Å²) >= 11 is 0. The summed E-state index contributed by atoms with van der Waals surface area (Å²) in [5, 5.41) is 0.225. The van der Waals surface area contributed by atoms with Gasteiger partial charge in [0.1, 0.15) is 0 Å². The highest BCUT2D eigenvalue weighted by Gasteiger charge is 2.29. The van der Waals surface area contributed by atoms with Gasteiger partial charge in [-0.2, -0.15) is 0 Å². The molecule has 0 amide bonds. The number of hydrogen-bond acceptors (Lipinski definition) is 3. The number of rotatable bonds is 3. The van der Waals surface area contributed by atoms with Gasteiger partial charge in [-0.1, -0.05) is 12.8 Å². The van der Waals surface area contributed by atoms with E-state index in [2.05, 4.69) is 0 Å². The molecular weight excluding hydrogens is 210 g/mol. The molecule has 4 atom stereocenters. The lowest BCUT2D eigenvalue weighted by atomic mass is 9.96. The second-order valence-electron chi connectivity index (χ2n) is 4.67. The minimum Gasteiger partial charge on any atom is -0.377 e. The standard InChI is InChI=1S/C11H21NO2S/c12-10-5-1-2-6-11(10)15(13)8-9-4-3-7-14-9/h9-11H,1-8,12H2. The highest BCUT2D eigenvalue weighted by molar-refractivity contribution is 7.85. The lowest BCUT2D eigenvalue weighted by molar-refractivity contribution is 0.128. The Balaban J connectivity index is 1.83. The lowest BCUT2D eigenvalue weighted by Gasteiger charge is -2.28. The van der Waals surface area contributed by atoms with Crippen molar-refractivity contribution in [1.29, 1.82) is 0 Å². The molecule has 1 aliphatic heterocycles. The number of hydrogen-bond donors (Lipinski definition) is 1. The Morgan fingerprint density at radius 2 is 2.00 bits per heavy atom. The van der Waals surface area contributed by atoms with Crippen molar-refractivity contribution in [3.8, 4) is 0 Å². The van der Waals surface area contributed by atoms with Crippen molar-refractivity contribution in [2.24, 2.45) is 5.73 Å². The Bertz CT molecular complexity index is 229. The molecular formula is C11H21NO2S. The smallest absolute Gasteiger partial charge is 0.0691 e. The Labute approximate surface area is 94.2 Å². The van der Waals surface area contributed by atoms with Crippen LogP contribution in [0.25, 0.3) is 0 Å². The Hall–Kier alpha value is 0.0700. The van der Waals surface area contributed by atoms with Crippen molar-refractivity contribution in [3.05, 3.63) is 0 Å². The molecule has 0 spiro atoms. The number of nitrogens with two attached hydrogens (primary N) is 1. The van der Waals surface area contributed by atoms with Gasteiger partial charge >= 0.3 is 0 Å². The van der Waals surface area contributed by atoms with Gasteiger partial charge in [-0.15, -0.1) is 0 Å². The maximum absolute atomic E-state index is 12.1. The summed E-state index contributed by atoms with van der Waals surface area (Å²) < 4.78 is 17.6. The molecule has 4 heteroatoms. The van der Waals surface area contributed by atoms with Crippen LogP contribution in [0.1, 0.15) is 38.5 Å². The lowest BCUT2D eigenvalue weighted by Crippen LogP contribution is -2.42. The van der Waals surface area contributed by atoms with Crippen LogP contribution in [0.2, 0.25) is 0 Å². The SMILES string of the molecule is NC1CCCCC1S(=O)CC1CCCO1. The number of ether oxygens (including phenoxy) is 1. The Morgan fingerprint density at radius 1 is 1.20 bits per heavy atom. The summed E-state index contributed by atoms with van der Waals surface area (Å²) in [7, 11) is -0.776. The van der Waals surface area contributed by atoms with Crippen LogP contribution in [-0.2, 0) is 15.5 Å². The fourth-order valence-corrected chi connectivity index (χ4v) is 4.37. The van der Waals surface area contributed by atoms with Gasteiger partial charge in [0.15, 0.2) is 0 Å². The predicted molar refractivity (Wildman–Crippen MR) is 62.2 cm³/mol. The molecule has 0 aromatic rings. The minimum absolute atomic E-state index is 0.154. The van der Waals surface area contributed by atoms with Crippen LogP contribution in [0.5, 0.6) is 0 Å². The minimum atomic E-state index is -0.776. The second-order valence-corrected chi connectivity index (χ2v) is 6.37. The molecule has 0 radical (unpaired) electrons. The van der Waals surface area contributed by atoms with Crippen molar-refractivity contribution in [2.45, 2.75) is 55.9 Å². The highest BCUT2D eigenvalue weighted by atomic mass is 32.2. The van der Waals surface area contributed by atoms with Gasteiger partial charge in [-0.25, -0.2) is 0 Å². The molecule has 2 aliphatic rings. The third-order valence-electron chi connectivity index (χ3n) is 3.47. The first-order valence-electron chi connectivity index (χ1n) is 6.02. The normalized spacial score (nSPS) is 39.1. The molecule has 1 saturated carbocycles. The maximum atomic E-state index is 12.1. The van der Waals surface area contributed by atoms with E-state index in [0.29, 0.717) is 5.75 Å². The van der Waals surface area contributed by atoms with Gasteiger partial charge in [-0.05, 0) is 25.7 Å². The van der Waals surface area contributed by atoms with Crippen LogP contribution in [-0.4, -0.2) is 34.0 Å². The quantitative estimate of drug-likeness (QED) is 0.793. The fourth-order valence-electron chi connectivity index (χ4n) is 2.53. The van der Waals surface area contributed by atoms with Gasteiger partial charge in [0.05, 0.1) is 11.9 Å². The molecule has 0 aromatic carbocycles. The average Bonchev–Trinajstić information content (AvgIpc) is 2.71. The molecule has 1 aliphatic carbocycles. The van der Waals surface area contributed by atoms with Gasteiger partial charge in [-0.3, -0.25) is 4.21 Å². The summed E-state index contributed by atoms with van der Waals surface area (Å²) in [5.41, 5.74) is 6.02. The summed E-state index contributed by atoms with van der Waals surface area (Å²) in [6, 6.07) is 0.154. The van der Waals surface area contributed by atoms with Gasteiger partial charge < -0.3 is 10.5 Å². The van der Waals surface area contributed by atoms with Gasteiger partial charge in [0.2, 0.25) is 0 Å². The zero-order chi connectivity index (χ0) is 10.7. The van der Waals surface area contributed by atoms with Gasteiger partial charge in [0.25, 0.3) is 0 Å². The van der Waals surface area contributed by atoms with E-state index in [-0.39, 0.29) is 17.4 Å². The van der Waals surface area contributed by atoms with Crippen LogP contribution < -0.4 is 5.73 Å². The van der Waals surface area contributed by atoms with Crippen LogP contribution in [0.4, 0.5) is 0 Å². The van der Waals surface area contributed by atoms with E-state index in [1.165, 1.54) is 12.8 Å². The molecule has 2 N–H and O–H groups in total. The zero-order valence-electron chi connectivity index (χ0n) is 9.19. The van der Waals surface area contributed by atoms with Crippen molar-refractivity contribution in [2.75, 3.05) is 12.4 Å². The topological polar surface area (TPSA) is 52.3 Å². The second kappa shape index (κ2) is 5.41. The fraction of sp³-hybridized carbons (Fsp3) is 1.00. The Morgan fingerprint density at radius 3 is 2.67 bits per heavy atom. The monoisotopic (exact) mass is 231 g/mol. The van der Waals surface area contributed by atoms with E-state index >= 15 is 0 Å². The van der Waals surface area contributed by atoms with Crippen LogP contribution >= 0.6 is 0 Å². The predicted octanol–water partition coefficient (Wildman–Crippen LogP) is 1.18. The van der Waals surface area contributed by atoms with Crippen molar-refractivity contribution in [3.63, 3.8) is 0 Å². The molecule has 1 heterocycles.